The van der Waals surface area contributed by atoms with E-state index in [1.807, 2.05) is 6.07 Å². The van der Waals surface area contributed by atoms with Gasteiger partial charge in [0.15, 0.2) is 0 Å². The van der Waals surface area contributed by atoms with E-state index in [2.05, 4.69) is 28.3 Å². The average molecular weight is 295 g/mol. The lowest BCUT2D eigenvalue weighted by Crippen LogP contribution is -2.23. The highest BCUT2D eigenvalue weighted by atomic mass is 16.5. The Kier molecular flexibility index (Phi) is 3.92. The average Bonchev–Trinajstić information content (AvgIpc) is 3.28. The van der Waals surface area contributed by atoms with Gasteiger partial charge in [-0.15, -0.1) is 6.42 Å². The number of carbonyl (C=O) groups excluding carboxylic acids is 1. The summed E-state index contributed by atoms with van der Waals surface area (Å²) in [5.74, 6) is 4.29. The summed E-state index contributed by atoms with van der Waals surface area (Å²) in [6.07, 6.45) is 7.59. The maximum Gasteiger partial charge on any atom is 0.252 e. The summed E-state index contributed by atoms with van der Waals surface area (Å²) in [5.41, 5.74) is 1.28. The SMILES string of the molecule is C#CCNC(=O)c1cccc(-c2noc([C@H](C)C3CC3)n2)c1. The zero-order valence-corrected chi connectivity index (χ0v) is 12.4. The lowest BCUT2D eigenvalue weighted by Gasteiger charge is -2.03. The molecule has 0 unspecified atom stereocenters. The summed E-state index contributed by atoms with van der Waals surface area (Å²) in [6, 6.07) is 7.11. The Labute approximate surface area is 129 Å². The van der Waals surface area contributed by atoms with Crippen LogP contribution in [0.3, 0.4) is 0 Å². The standard InChI is InChI=1S/C17H17N3O2/c1-3-9-18-16(21)14-6-4-5-13(10-14)15-19-17(22-20-15)11(2)12-7-8-12/h1,4-6,10-12H,7-9H2,2H3,(H,18,21)/t11-/m1/s1. The Morgan fingerprint density at radius 3 is 3.09 bits per heavy atom. The zero-order valence-electron chi connectivity index (χ0n) is 12.4. The topological polar surface area (TPSA) is 68.0 Å². The van der Waals surface area contributed by atoms with Crippen molar-refractivity contribution in [2.75, 3.05) is 6.54 Å². The molecule has 5 heteroatoms. The maximum absolute atomic E-state index is 11.9. The number of benzene rings is 1. The summed E-state index contributed by atoms with van der Waals surface area (Å²) in [4.78, 5) is 16.4. The number of carbonyl (C=O) groups is 1. The van der Waals surface area contributed by atoms with Gasteiger partial charge < -0.3 is 9.84 Å². The number of hydrogen-bond donors (Lipinski definition) is 1. The Balaban J connectivity index is 1.80. The van der Waals surface area contributed by atoms with E-state index in [1.165, 1.54) is 12.8 Å². The van der Waals surface area contributed by atoms with Crippen molar-refractivity contribution < 1.29 is 9.32 Å². The third kappa shape index (κ3) is 3.01. The van der Waals surface area contributed by atoms with Crippen LogP contribution in [0.1, 0.15) is 41.9 Å². The molecule has 0 radical (unpaired) electrons. The molecule has 0 saturated heterocycles. The Hall–Kier alpha value is -2.61. The highest BCUT2D eigenvalue weighted by Gasteiger charge is 2.32. The molecule has 0 bridgehead atoms. The third-order valence-electron chi connectivity index (χ3n) is 3.89. The molecule has 0 spiro atoms. The van der Waals surface area contributed by atoms with Crippen molar-refractivity contribution >= 4 is 5.91 Å². The molecule has 1 N–H and O–H groups in total. The van der Waals surface area contributed by atoms with Crippen molar-refractivity contribution in [3.05, 3.63) is 35.7 Å². The molecule has 2 aromatic rings. The van der Waals surface area contributed by atoms with Crippen LogP contribution in [0, 0.1) is 18.3 Å². The van der Waals surface area contributed by atoms with Gasteiger partial charge in [-0.3, -0.25) is 4.79 Å². The molecule has 1 heterocycles. The fourth-order valence-electron chi connectivity index (χ4n) is 2.37. The molecule has 0 aliphatic heterocycles. The first-order chi connectivity index (χ1) is 10.7. The number of nitrogens with one attached hydrogen (secondary N) is 1. The lowest BCUT2D eigenvalue weighted by atomic mass is 10.1. The van der Waals surface area contributed by atoms with E-state index in [-0.39, 0.29) is 12.5 Å². The minimum Gasteiger partial charge on any atom is -0.341 e. The Morgan fingerprint density at radius 1 is 1.55 bits per heavy atom. The van der Waals surface area contributed by atoms with E-state index in [0.717, 1.165) is 5.56 Å². The fraction of sp³-hybridized carbons (Fsp3) is 0.353. The van der Waals surface area contributed by atoms with Crippen molar-refractivity contribution in [3.8, 4) is 23.7 Å². The molecule has 1 aromatic carbocycles. The van der Waals surface area contributed by atoms with Gasteiger partial charge in [-0.2, -0.15) is 4.98 Å². The fourth-order valence-corrected chi connectivity index (χ4v) is 2.37. The normalized spacial score (nSPS) is 15.1. The van der Waals surface area contributed by atoms with E-state index in [4.69, 9.17) is 10.9 Å². The van der Waals surface area contributed by atoms with Crippen molar-refractivity contribution in [1.29, 1.82) is 0 Å². The van der Waals surface area contributed by atoms with Crippen LogP contribution in [0.5, 0.6) is 0 Å². The third-order valence-corrected chi connectivity index (χ3v) is 3.89. The van der Waals surface area contributed by atoms with Crippen LogP contribution in [-0.2, 0) is 0 Å². The second kappa shape index (κ2) is 6.02. The predicted octanol–water partition coefficient (Wildman–Crippen LogP) is 2.61. The Bertz CT molecular complexity index is 726. The predicted molar refractivity (Wildman–Crippen MR) is 82.0 cm³/mol. The van der Waals surface area contributed by atoms with Gasteiger partial charge in [0.2, 0.25) is 11.7 Å². The van der Waals surface area contributed by atoms with Crippen LogP contribution in [-0.4, -0.2) is 22.6 Å². The van der Waals surface area contributed by atoms with Crippen LogP contribution in [0.2, 0.25) is 0 Å². The maximum atomic E-state index is 11.9. The van der Waals surface area contributed by atoms with E-state index in [0.29, 0.717) is 29.1 Å². The summed E-state index contributed by atoms with van der Waals surface area (Å²) in [7, 11) is 0. The summed E-state index contributed by atoms with van der Waals surface area (Å²) < 4.78 is 5.36. The zero-order chi connectivity index (χ0) is 15.5. The first-order valence-corrected chi connectivity index (χ1v) is 7.34. The number of aromatic nitrogens is 2. The number of hydrogen-bond acceptors (Lipinski definition) is 4. The molecule has 22 heavy (non-hydrogen) atoms. The number of nitrogens with zero attached hydrogens (tertiary/aromatic N) is 2. The van der Waals surface area contributed by atoms with Crippen LogP contribution >= 0.6 is 0 Å². The molecule has 1 saturated carbocycles. The van der Waals surface area contributed by atoms with E-state index < -0.39 is 0 Å². The Morgan fingerprint density at radius 2 is 2.36 bits per heavy atom. The van der Waals surface area contributed by atoms with E-state index >= 15 is 0 Å². The molecule has 1 aromatic heterocycles. The van der Waals surface area contributed by atoms with Crippen LogP contribution in [0.4, 0.5) is 0 Å². The molecule has 5 nitrogen and oxygen atoms in total. The summed E-state index contributed by atoms with van der Waals surface area (Å²) >= 11 is 0. The van der Waals surface area contributed by atoms with E-state index in [1.54, 1.807) is 18.2 Å². The van der Waals surface area contributed by atoms with Crippen LogP contribution in [0.15, 0.2) is 28.8 Å². The number of amides is 1. The van der Waals surface area contributed by atoms with Gasteiger partial charge in [0.25, 0.3) is 5.91 Å². The van der Waals surface area contributed by atoms with Crippen molar-refractivity contribution in [2.45, 2.75) is 25.7 Å². The van der Waals surface area contributed by atoms with Crippen LogP contribution < -0.4 is 5.32 Å². The molecule has 1 atom stereocenters. The monoisotopic (exact) mass is 295 g/mol. The van der Waals surface area contributed by atoms with Gasteiger partial charge in [0, 0.05) is 17.0 Å². The minimum absolute atomic E-state index is 0.203. The van der Waals surface area contributed by atoms with Gasteiger partial charge in [-0.25, -0.2) is 0 Å². The van der Waals surface area contributed by atoms with Gasteiger partial charge in [-0.05, 0) is 30.9 Å². The second-order valence-corrected chi connectivity index (χ2v) is 5.55. The highest BCUT2D eigenvalue weighted by molar-refractivity contribution is 5.95. The first-order valence-electron chi connectivity index (χ1n) is 7.34. The van der Waals surface area contributed by atoms with Crippen molar-refractivity contribution in [2.24, 2.45) is 5.92 Å². The molecule has 112 valence electrons. The summed E-state index contributed by atoms with van der Waals surface area (Å²) in [5, 5.41) is 6.66. The molecule has 3 rings (SSSR count). The molecule has 1 aliphatic carbocycles. The second-order valence-electron chi connectivity index (χ2n) is 5.55. The number of rotatable bonds is 5. The quantitative estimate of drug-likeness (QED) is 0.861. The van der Waals surface area contributed by atoms with E-state index in [9.17, 15) is 4.79 Å². The van der Waals surface area contributed by atoms with Gasteiger partial charge in [-0.1, -0.05) is 30.1 Å². The molecule has 1 aliphatic rings. The molecular formula is C17H17N3O2. The lowest BCUT2D eigenvalue weighted by molar-refractivity contribution is 0.0958. The van der Waals surface area contributed by atoms with Crippen molar-refractivity contribution in [3.63, 3.8) is 0 Å². The van der Waals surface area contributed by atoms with Gasteiger partial charge in [0.05, 0.1) is 6.54 Å². The van der Waals surface area contributed by atoms with Crippen molar-refractivity contribution in [1.82, 2.24) is 15.5 Å². The smallest absolute Gasteiger partial charge is 0.252 e. The highest BCUT2D eigenvalue weighted by Crippen LogP contribution is 2.41. The molecular weight excluding hydrogens is 278 g/mol. The minimum atomic E-state index is -0.213. The summed E-state index contributed by atoms with van der Waals surface area (Å²) in [6.45, 7) is 2.31. The number of terminal acetylenes is 1. The molecule has 1 fully saturated rings. The van der Waals surface area contributed by atoms with Gasteiger partial charge >= 0.3 is 0 Å². The molecule has 1 amide bonds. The largest absolute Gasteiger partial charge is 0.341 e. The first kappa shape index (κ1) is 14.3. The van der Waals surface area contributed by atoms with Gasteiger partial charge in [0.1, 0.15) is 0 Å². The van der Waals surface area contributed by atoms with Crippen LogP contribution in [0.25, 0.3) is 11.4 Å².